The van der Waals surface area contributed by atoms with Crippen LogP contribution in [-0.4, -0.2) is 38.4 Å². The van der Waals surface area contributed by atoms with Crippen LogP contribution < -0.4 is 9.64 Å². The molecule has 1 atom stereocenters. The summed E-state index contributed by atoms with van der Waals surface area (Å²) < 4.78 is 5.53. The van der Waals surface area contributed by atoms with Crippen LogP contribution in [-0.2, 0) is 9.59 Å². The third-order valence-corrected chi connectivity index (χ3v) is 5.68. The summed E-state index contributed by atoms with van der Waals surface area (Å²) in [6.45, 7) is 4.26. The standard InChI is InChI=1S/C26H22N4O4/c1-3-34-17-8-6-7-16(14-17)23(31)21-22(19-9-4-5-12-27-19)30(25(33)24(21)32)26-28-18-11-10-15(2)13-20(18)29-26/h4-14,22,31H,3H2,1-2H3,(H,28,29)/b23-21+. The number of H-pyrrole nitrogens is 1. The minimum atomic E-state index is -0.960. The molecule has 4 aromatic rings. The Labute approximate surface area is 195 Å². The molecule has 1 fully saturated rings. The molecule has 3 heterocycles. The van der Waals surface area contributed by atoms with Crippen molar-refractivity contribution in [2.24, 2.45) is 0 Å². The van der Waals surface area contributed by atoms with Gasteiger partial charge in [-0.3, -0.25) is 19.5 Å². The number of aromatic amines is 1. The summed E-state index contributed by atoms with van der Waals surface area (Å²) in [5, 5.41) is 11.2. The minimum Gasteiger partial charge on any atom is -0.507 e. The van der Waals surface area contributed by atoms with E-state index in [1.165, 1.54) is 4.90 Å². The molecule has 1 aliphatic rings. The van der Waals surface area contributed by atoms with Gasteiger partial charge in [-0.15, -0.1) is 0 Å². The summed E-state index contributed by atoms with van der Waals surface area (Å²) in [6.07, 6.45) is 1.58. The first-order chi connectivity index (χ1) is 16.5. The molecule has 2 N–H and O–H groups in total. The van der Waals surface area contributed by atoms with E-state index in [2.05, 4.69) is 15.0 Å². The zero-order chi connectivity index (χ0) is 23.8. The Balaban J connectivity index is 1.70. The molecule has 0 spiro atoms. The number of hydrogen-bond donors (Lipinski definition) is 2. The van der Waals surface area contributed by atoms with Gasteiger partial charge in [0.15, 0.2) is 0 Å². The Morgan fingerprint density at radius 3 is 2.74 bits per heavy atom. The van der Waals surface area contributed by atoms with E-state index < -0.39 is 17.7 Å². The second-order valence-corrected chi connectivity index (χ2v) is 7.97. The van der Waals surface area contributed by atoms with E-state index in [0.29, 0.717) is 29.1 Å². The van der Waals surface area contributed by atoms with Gasteiger partial charge < -0.3 is 14.8 Å². The monoisotopic (exact) mass is 454 g/mol. The summed E-state index contributed by atoms with van der Waals surface area (Å²) in [7, 11) is 0. The first-order valence-corrected chi connectivity index (χ1v) is 10.9. The number of aryl methyl sites for hydroxylation is 1. The van der Waals surface area contributed by atoms with E-state index >= 15 is 0 Å². The summed E-state index contributed by atoms with van der Waals surface area (Å²) in [5.41, 5.74) is 3.16. The number of fused-ring (bicyclic) bond motifs is 1. The van der Waals surface area contributed by atoms with Crippen LogP contribution in [0.1, 0.15) is 29.8 Å². The van der Waals surface area contributed by atoms with Crippen molar-refractivity contribution >= 4 is 34.4 Å². The Bertz CT molecular complexity index is 1440. The van der Waals surface area contributed by atoms with Crippen molar-refractivity contribution in [1.29, 1.82) is 0 Å². The van der Waals surface area contributed by atoms with Crippen LogP contribution in [0.25, 0.3) is 16.8 Å². The first kappa shape index (κ1) is 21.4. The van der Waals surface area contributed by atoms with Crippen LogP contribution in [0.15, 0.2) is 72.4 Å². The third-order valence-electron chi connectivity index (χ3n) is 5.68. The topological polar surface area (TPSA) is 108 Å². The largest absolute Gasteiger partial charge is 0.507 e. The first-order valence-electron chi connectivity index (χ1n) is 10.9. The van der Waals surface area contributed by atoms with Crippen LogP contribution in [0.5, 0.6) is 5.75 Å². The highest BCUT2D eigenvalue weighted by Crippen LogP contribution is 2.41. The normalized spacial score (nSPS) is 17.5. The number of Topliss-reactive ketones (excluding diaryl/α,β-unsaturated/α-hetero) is 1. The number of carbonyl (C=O) groups excluding carboxylic acids is 2. The van der Waals surface area contributed by atoms with E-state index in [1.54, 1.807) is 48.7 Å². The Morgan fingerprint density at radius 1 is 1.12 bits per heavy atom. The number of aromatic nitrogens is 3. The van der Waals surface area contributed by atoms with Gasteiger partial charge in [-0.1, -0.05) is 24.3 Å². The van der Waals surface area contributed by atoms with Gasteiger partial charge in [-0.05, 0) is 55.8 Å². The number of amides is 1. The van der Waals surface area contributed by atoms with Crippen molar-refractivity contribution in [1.82, 2.24) is 15.0 Å². The highest BCUT2D eigenvalue weighted by Gasteiger charge is 2.48. The molecule has 2 aromatic heterocycles. The number of aliphatic hydroxyl groups is 1. The highest BCUT2D eigenvalue weighted by atomic mass is 16.5. The average Bonchev–Trinajstić information content (AvgIpc) is 3.37. The number of hydrogen-bond acceptors (Lipinski definition) is 6. The summed E-state index contributed by atoms with van der Waals surface area (Å²) in [5.74, 6) is -1.16. The van der Waals surface area contributed by atoms with Crippen molar-refractivity contribution in [2.45, 2.75) is 19.9 Å². The molecule has 8 heteroatoms. The molecule has 0 saturated carbocycles. The Kier molecular flexibility index (Phi) is 5.33. The highest BCUT2D eigenvalue weighted by molar-refractivity contribution is 6.51. The minimum absolute atomic E-state index is 0.0611. The van der Waals surface area contributed by atoms with Crippen molar-refractivity contribution in [3.63, 3.8) is 0 Å². The molecule has 1 amide bonds. The number of pyridine rings is 1. The van der Waals surface area contributed by atoms with Gasteiger partial charge in [-0.25, -0.2) is 4.98 Å². The van der Waals surface area contributed by atoms with Gasteiger partial charge in [0.1, 0.15) is 17.6 Å². The number of rotatable bonds is 5. The molecule has 34 heavy (non-hydrogen) atoms. The van der Waals surface area contributed by atoms with E-state index in [0.717, 1.165) is 11.1 Å². The predicted molar refractivity (Wildman–Crippen MR) is 127 cm³/mol. The number of imidazole rings is 1. The lowest BCUT2D eigenvalue weighted by molar-refractivity contribution is -0.132. The van der Waals surface area contributed by atoms with E-state index in [4.69, 9.17) is 4.74 Å². The van der Waals surface area contributed by atoms with Crippen molar-refractivity contribution in [2.75, 3.05) is 11.5 Å². The van der Waals surface area contributed by atoms with Gasteiger partial charge in [-0.2, -0.15) is 0 Å². The maximum atomic E-state index is 13.3. The molecule has 170 valence electrons. The molecule has 8 nitrogen and oxygen atoms in total. The number of aliphatic hydroxyl groups excluding tert-OH is 1. The second-order valence-electron chi connectivity index (χ2n) is 7.97. The number of nitrogens with one attached hydrogen (secondary N) is 1. The van der Waals surface area contributed by atoms with E-state index in [1.807, 2.05) is 32.0 Å². The molecule has 1 saturated heterocycles. The van der Waals surface area contributed by atoms with Crippen LogP contribution in [0.3, 0.4) is 0 Å². The molecule has 2 aromatic carbocycles. The molecule has 5 rings (SSSR count). The lowest BCUT2D eigenvalue weighted by Gasteiger charge is -2.22. The summed E-state index contributed by atoms with van der Waals surface area (Å²) >= 11 is 0. The predicted octanol–water partition coefficient (Wildman–Crippen LogP) is 4.29. The fourth-order valence-corrected chi connectivity index (χ4v) is 4.15. The number of carbonyl (C=O) groups is 2. The van der Waals surface area contributed by atoms with Crippen LogP contribution in [0.4, 0.5) is 5.95 Å². The lowest BCUT2D eigenvalue weighted by Crippen LogP contribution is -2.30. The average molecular weight is 454 g/mol. The fraction of sp³-hybridized carbons (Fsp3) is 0.154. The van der Waals surface area contributed by atoms with E-state index in [-0.39, 0.29) is 17.3 Å². The quantitative estimate of drug-likeness (QED) is 0.265. The van der Waals surface area contributed by atoms with Crippen LogP contribution in [0.2, 0.25) is 0 Å². The van der Waals surface area contributed by atoms with Crippen molar-refractivity contribution in [3.05, 3.63) is 89.3 Å². The van der Waals surface area contributed by atoms with E-state index in [9.17, 15) is 14.7 Å². The van der Waals surface area contributed by atoms with Gasteiger partial charge in [0.25, 0.3) is 5.78 Å². The molecule has 1 aliphatic heterocycles. The maximum Gasteiger partial charge on any atom is 0.302 e. The SMILES string of the molecule is CCOc1cccc(/C(O)=C2\C(=O)C(=O)N(c3nc4ccc(C)cc4[nH]3)C2c2ccccn2)c1. The van der Waals surface area contributed by atoms with Gasteiger partial charge in [0.2, 0.25) is 5.95 Å². The molecule has 0 bridgehead atoms. The van der Waals surface area contributed by atoms with Gasteiger partial charge in [0.05, 0.1) is 28.9 Å². The number of nitrogens with zero attached hydrogens (tertiary/aromatic N) is 3. The number of benzene rings is 2. The van der Waals surface area contributed by atoms with Crippen LogP contribution in [0, 0.1) is 6.92 Å². The van der Waals surface area contributed by atoms with Crippen LogP contribution >= 0.6 is 0 Å². The maximum absolute atomic E-state index is 13.3. The summed E-state index contributed by atoms with van der Waals surface area (Å²) in [4.78, 5) is 39.9. The Morgan fingerprint density at radius 2 is 1.97 bits per heavy atom. The fourth-order valence-electron chi connectivity index (χ4n) is 4.15. The number of ether oxygens (including phenoxy) is 1. The molecule has 1 unspecified atom stereocenters. The molecular formula is C26H22N4O4. The van der Waals surface area contributed by atoms with Crippen molar-refractivity contribution in [3.8, 4) is 5.75 Å². The van der Waals surface area contributed by atoms with Gasteiger partial charge >= 0.3 is 5.91 Å². The molecule has 0 aliphatic carbocycles. The van der Waals surface area contributed by atoms with Gasteiger partial charge in [0, 0.05) is 11.8 Å². The zero-order valence-electron chi connectivity index (χ0n) is 18.6. The lowest BCUT2D eigenvalue weighted by atomic mass is 9.98. The number of ketones is 1. The third kappa shape index (κ3) is 3.59. The summed E-state index contributed by atoms with van der Waals surface area (Å²) in [6, 6.07) is 16.7. The zero-order valence-corrected chi connectivity index (χ0v) is 18.6. The molecule has 0 radical (unpaired) electrons. The van der Waals surface area contributed by atoms with Crippen molar-refractivity contribution < 1.29 is 19.4 Å². The number of anilines is 1. The molecular weight excluding hydrogens is 432 g/mol. The second kappa shape index (κ2) is 8.47. The smallest absolute Gasteiger partial charge is 0.302 e. The Hall–Kier alpha value is -4.46.